The molecule has 20 heavy (non-hydrogen) atoms. The number of hydrogen-bond acceptors (Lipinski definition) is 7. The van der Waals surface area contributed by atoms with E-state index in [4.69, 9.17) is 9.84 Å². The first-order valence-electron chi connectivity index (χ1n) is 5.77. The van der Waals surface area contributed by atoms with Gasteiger partial charge < -0.3 is 15.2 Å². The number of benzene rings is 1. The van der Waals surface area contributed by atoms with Crippen molar-refractivity contribution >= 4 is 21.2 Å². The van der Waals surface area contributed by atoms with Crippen LogP contribution in [0.2, 0.25) is 0 Å². The van der Waals surface area contributed by atoms with Crippen LogP contribution in [0, 0.1) is 10.1 Å². The first-order valence-corrected chi connectivity index (χ1v) is 7.66. The van der Waals surface area contributed by atoms with Gasteiger partial charge in [0, 0.05) is 18.9 Å². The van der Waals surface area contributed by atoms with Crippen molar-refractivity contribution in [2.75, 3.05) is 37.9 Å². The Kier molecular flexibility index (Phi) is 5.86. The summed E-state index contributed by atoms with van der Waals surface area (Å²) >= 11 is 0. The third kappa shape index (κ3) is 4.76. The summed E-state index contributed by atoms with van der Waals surface area (Å²) < 4.78 is 27.7. The van der Waals surface area contributed by atoms with Gasteiger partial charge in [-0.3, -0.25) is 10.1 Å². The van der Waals surface area contributed by atoms with Gasteiger partial charge in [0.15, 0.2) is 9.84 Å². The molecule has 8 nitrogen and oxygen atoms in total. The Morgan fingerprint density at radius 3 is 2.65 bits per heavy atom. The second-order valence-corrected chi connectivity index (χ2v) is 5.99. The molecular formula is C11H16N2O6S. The molecule has 0 atom stereocenters. The number of ether oxygens (including phenoxy) is 1. The largest absolute Gasteiger partial charge is 0.394 e. The van der Waals surface area contributed by atoms with E-state index in [1.54, 1.807) is 0 Å². The molecule has 1 rings (SSSR count). The monoisotopic (exact) mass is 304 g/mol. The maximum atomic E-state index is 11.4. The summed E-state index contributed by atoms with van der Waals surface area (Å²) in [6, 6.07) is 3.67. The minimum absolute atomic E-state index is 0.0940. The van der Waals surface area contributed by atoms with Crippen LogP contribution in [0.1, 0.15) is 0 Å². The summed E-state index contributed by atoms with van der Waals surface area (Å²) in [6.45, 7) is 0.671. The van der Waals surface area contributed by atoms with Crippen molar-refractivity contribution in [3.05, 3.63) is 28.3 Å². The average molecular weight is 304 g/mol. The predicted octanol–water partition coefficient (Wildman–Crippen LogP) is 0.419. The van der Waals surface area contributed by atoms with Gasteiger partial charge in [-0.15, -0.1) is 0 Å². The van der Waals surface area contributed by atoms with Crippen molar-refractivity contribution in [3.8, 4) is 0 Å². The van der Waals surface area contributed by atoms with E-state index in [0.29, 0.717) is 6.54 Å². The SMILES string of the molecule is CS(=O)(=O)c1ccc(NCCOCCO)c([N+](=O)[O-])c1. The lowest BCUT2D eigenvalue weighted by Crippen LogP contribution is -2.12. The van der Waals surface area contributed by atoms with Crippen molar-refractivity contribution < 1.29 is 23.2 Å². The molecule has 1 aromatic carbocycles. The Balaban J connectivity index is 2.83. The standard InChI is InChI=1S/C11H16N2O6S/c1-20(17,18)9-2-3-10(11(8-9)13(15)16)12-4-6-19-7-5-14/h2-3,8,12,14H,4-7H2,1H3. The third-order valence-electron chi connectivity index (χ3n) is 2.39. The van der Waals surface area contributed by atoms with E-state index in [0.717, 1.165) is 12.3 Å². The molecule has 0 aromatic heterocycles. The summed E-state index contributed by atoms with van der Waals surface area (Å²) in [5, 5.41) is 22.2. The van der Waals surface area contributed by atoms with Crippen LogP contribution in [0.3, 0.4) is 0 Å². The highest BCUT2D eigenvalue weighted by Crippen LogP contribution is 2.27. The van der Waals surface area contributed by atoms with E-state index < -0.39 is 14.8 Å². The number of anilines is 1. The Morgan fingerprint density at radius 2 is 2.10 bits per heavy atom. The Bertz CT molecular complexity index is 572. The van der Waals surface area contributed by atoms with E-state index in [2.05, 4.69) is 5.32 Å². The van der Waals surface area contributed by atoms with Gasteiger partial charge in [0.05, 0.1) is 29.6 Å². The van der Waals surface area contributed by atoms with Gasteiger partial charge in [-0.1, -0.05) is 0 Å². The summed E-state index contributed by atoms with van der Waals surface area (Å²) in [5.74, 6) is 0. The van der Waals surface area contributed by atoms with Crippen molar-refractivity contribution in [3.63, 3.8) is 0 Å². The molecule has 0 bridgehead atoms. The normalized spacial score (nSPS) is 11.3. The van der Waals surface area contributed by atoms with Crippen molar-refractivity contribution in [2.24, 2.45) is 0 Å². The first-order chi connectivity index (χ1) is 9.36. The molecule has 0 aliphatic carbocycles. The molecule has 9 heteroatoms. The lowest BCUT2D eigenvalue weighted by atomic mass is 10.2. The van der Waals surface area contributed by atoms with Gasteiger partial charge in [0.25, 0.3) is 5.69 Å². The molecule has 0 fully saturated rings. The van der Waals surface area contributed by atoms with Gasteiger partial charge in [0.1, 0.15) is 5.69 Å². The molecule has 0 unspecified atom stereocenters. The fraction of sp³-hybridized carbons (Fsp3) is 0.455. The zero-order valence-corrected chi connectivity index (χ0v) is 11.7. The first kappa shape index (κ1) is 16.3. The van der Waals surface area contributed by atoms with E-state index in [1.807, 2.05) is 0 Å². The van der Waals surface area contributed by atoms with E-state index in [1.165, 1.54) is 12.1 Å². The summed E-state index contributed by atoms with van der Waals surface area (Å²) in [5.41, 5.74) is -0.0925. The molecule has 0 spiro atoms. The second kappa shape index (κ2) is 7.17. The van der Waals surface area contributed by atoms with Crippen LogP contribution in [0.4, 0.5) is 11.4 Å². The predicted molar refractivity (Wildman–Crippen MR) is 72.6 cm³/mol. The summed E-state index contributed by atoms with van der Waals surface area (Å²) in [4.78, 5) is 10.2. The zero-order chi connectivity index (χ0) is 15.2. The molecule has 1 aromatic rings. The quantitative estimate of drug-likeness (QED) is 0.406. The molecule has 0 saturated heterocycles. The third-order valence-corrected chi connectivity index (χ3v) is 3.50. The number of nitrogens with one attached hydrogen (secondary N) is 1. The molecule has 0 radical (unpaired) electrons. The van der Waals surface area contributed by atoms with Gasteiger partial charge in [-0.25, -0.2) is 8.42 Å². The van der Waals surface area contributed by atoms with Gasteiger partial charge in [0.2, 0.25) is 0 Å². The highest BCUT2D eigenvalue weighted by Gasteiger charge is 2.18. The van der Waals surface area contributed by atoms with E-state index in [9.17, 15) is 18.5 Å². The number of nitro groups is 1. The summed E-state index contributed by atoms with van der Waals surface area (Å²) in [7, 11) is -3.49. The average Bonchev–Trinajstić information content (AvgIpc) is 2.37. The van der Waals surface area contributed by atoms with Gasteiger partial charge in [-0.2, -0.15) is 0 Å². The molecule has 0 amide bonds. The van der Waals surface area contributed by atoms with E-state index >= 15 is 0 Å². The smallest absolute Gasteiger partial charge is 0.293 e. The number of rotatable bonds is 8. The van der Waals surface area contributed by atoms with Crippen molar-refractivity contribution in [1.82, 2.24) is 0 Å². The fourth-order valence-corrected chi connectivity index (χ4v) is 2.11. The number of nitrogens with zero attached hydrogens (tertiary/aromatic N) is 1. The number of aliphatic hydroxyl groups is 1. The molecule has 0 heterocycles. The number of sulfone groups is 1. The van der Waals surface area contributed by atoms with Crippen LogP contribution in [0.15, 0.2) is 23.1 Å². The maximum Gasteiger partial charge on any atom is 0.293 e. The minimum Gasteiger partial charge on any atom is -0.394 e. The van der Waals surface area contributed by atoms with Crippen LogP contribution < -0.4 is 5.32 Å². The number of aliphatic hydroxyl groups excluding tert-OH is 1. The second-order valence-electron chi connectivity index (χ2n) is 3.97. The summed E-state index contributed by atoms with van der Waals surface area (Å²) in [6.07, 6.45) is 0.988. The van der Waals surface area contributed by atoms with Crippen LogP contribution in [-0.4, -0.2) is 51.1 Å². The highest BCUT2D eigenvalue weighted by molar-refractivity contribution is 7.90. The lowest BCUT2D eigenvalue weighted by Gasteiger charge is -2.08. The molecule has 0 saturated carbocycles. The Morgan fingerprint density at radius 1 is 1.40 bits per heavy atom. The molecule has 0 aliphatic heterocycles. The lowest BCUT2D eigenvalue weighted by molar-refractivity contribution is -0.384. The van der Waals surface area contributed by atoms with E-state index in [-0.39, 0.29) is 36.1 Å². The van der Waals surface area contributed by atoms with Gasteiger partial charge in [-0.05, 0) is 12.1 Å². The number of hydrogen-bond donors (Lipinski definition) is 2. The van der Waals surface area contributed by atoms with Crippen LogP contribution in [-0.2, 0) is 14.6 Å². The van der Waals surface area contributed by atoms with Crippen molar-refractivity contribution in [2.45, 2.75) is 4.90 Å². The maximum absolute atomic E-state index is 11.4. The topological polar surface area (TPSA) is 119 Å². The van der Waals surface area contributed by atoms with Crippen LogP contribution >= 0.6 is 0 Å². The Labute approximate surface area is 116 Å². The van der Waals surface area contributed by atoms with Gasteiger partial charge >= 0.3 is 0 Å². The molecule has 112 valence electrons. The Hall–Kier alpha value is -1.71. The van der Waals surface area contributed by atoms with Crippen molar-refractivity contribution in [1.29, 1.82) is 0 Å². The minimum atomic E-state index is -3.49. The number of nitro benzene ring substituents is 1. The highest BCUT2D eigenvalue weighted by atomic mass is 32.2. The fourth-order valence-electron chi connectivity index (χ4n) is 1.47. The molecule has 2 N–H and O–H groups in total. The van der Waals surface area contributed by atoms with Crippen LogP contribution in [0.5, 0.6) is 0 Å². The molecule has 0 aliphatic rings. The van der Waals surface area contributed by atoms with Crippen LogP contribution in [0.25, 0.3) is 0 Å². The molecular weight excluding hydrogens is 288 g/mol. The zero-order valence-electron chi connectivity index (χ0n) is 10.9.